The molecule has 184 valence electrons. The number of carbonyl (C=O) groups is 1. The maximum atomic E-state index is 13.5. The number of fused-ring (bicyclic) bond motifs is 3. The van der Waals surface area contributed by atoms with Crippen LogP contribution in [0, 0.1) is 10.1 Å². The Bertz CT molecular complexity index is 1600. The first-order chi connectivity index (χ1) is 17.9. The van der Waals surface area contributed by atoms with Gasteiger partial charge in [0.2, 0.25) is 0 Å². The second-order valence-corrected chi connectivity index (χ2v) is 8.56. The number of carbonyl (C=O) groups excluding carboxylic acids is 1. The van der Waals surface area contributed by atoms with Gasteiger partial charge in [0.05, 0.1) is 22.7 Å². The fourth-order valence-corrected chi connectivity index (χ4v) is 4.14. The number of esters is 1. The number of aliphatic imine (C=N–C) groups is 1. The van der Waals surface area contributed by atoms with Gasteiger partial charge in [0.15, 0.2) is 5.82 Å². The van der Waals surface area contributed by atoms with Crippen molar-refractivity contribution in [3.8, 4) is 11.4 Å². The number of benzene rings is 3. The second kappa shape index (κ2) is 10.1. The van der Waals surface area contributed by atoms with Gasteiger partial charge in [0, 0.05) is 34.7 Å². The minimum atomic E-state index is -0.614. The molecule has 11 heteroatoms. The average molecular weight is 516 g/mol. The topological polar surface area (TPSA) is 130 Å². The number of aryl methyl sites for hydroxylation is 1. The molecule has 5 rings (SSSR count). The van der Waals surface area contributed by atoms with Crippen LogP contribution in [0.15, 0.2) is 82.6 Å². The molecule has 0 radical (unpaired) electrons. The molecule has 0 N–H and O–H groups in total. The van der Waals surface area contributed by atoms with E-state index in [-0.39, 0.29) is 36.5 Å². The van der Waals surface area contributed by atoms with Crippen molar-refractivity contribution in [3.05, 3.63) is 121 Å². The Morgan fingerprint density at radius 1 is 1.05 bits per heavy atom. The van der Waals surface area contributed by atoms with Gasteiger partial charge in [-0.25, -0.2) is 0 Å². The number of aromatic nitrogens is 3. The van der Waals surface area contributed by atoms with Crippen LogP contribution in [0.4, 0.5) is 5.69 Å². The average Bonchev–Trinajstić information content (AvgIpc) is 3.06. The van der Waals surface area contributed by atoms with E-state index < -0.39 is 16.5 Å². The molecule has 0 spiro atoms. The van der Waals surface area contributed by atoms with Crippen LogP contribution in [0.1, 0.15) is 29.1 Å². The predicted molar refractivity (Wildman–Crippen MR) is 135 cm³/mol. The van der Waals surface area contributed by atoms with Crippen molar-refractivity contribution in [2.75, 3.05) is 0 Å². The molecule has 0 aliphatic carbocycles. The summed E-state index contributed by atoms with van der Waals surface area (Å²) < 4.78 is 6.68. The van der Waals surface area contributed by atoms with Crippen LogP contribution >= 0.6 is 11.6 Å². The lowest BCUT2D eigenvalue weighted by Gasteiger charge is -2.14. The Balaban J connectivity index is 1.42. The highest BCUT2D eigenvalue weighted by atomic mass is 35.5. The molecule has 4 aromatic rings. The van der Waals surface area contributed by atoms with Crippen LogP contribution in [0.5, 0.6) is 5.75 Å². The predicted octanol–water partition coefficient (Wildman–Crippen LogP) is 4.08. The van der Waals surface area contributed by atoms with Gasteiger partial charge >= 0.3 is 5.97 Å². The van der Waals surface area contributed by atoms with E-state index in [2.05, 4.69) is 10.2 Å². The summed E-state index contributed by atoms with van der Waals surface area (Å²) in [6.45, 7) is 0.126. The van der Waals surface area contributed by atoms with Crippen LogP contribution in [0.2, 0.25) is 5.02 Å². The van der Waals surface area contributed by atoms with Gasteiger partial charge in [-0.1, -0.05) is 41.9 Å². The number of ether oxygens (including phenoxy) is 1. The van der Waals surface area contributed by atoms with E-state index in [4.69, 9.17) is 21.3 Å². The van der Waals surface area contributed by atoms with Crippen LogP contribution in [-0.4, -0.2) is 31.4 Å². The number of halogens is 1. The normalized spacial score (nSPS) is 12.1. The third kappa shape index (κ3) is 5.00. The van der Waals surface area contributed by atoms with Gasteiger partial charge in [-0.05, 0) is 30.3 Å². The zero-order chi connectivity index (χ0) is 25.9. The van der Waals surface area contributed by atoms with Crippen LogP contribution in [-0.2, 0) is 17.8 Å². The smallest absolute Gasteiger partial charge is 0.311 e. The number of nitro benzene ring substituents is 1. The zero-order valence-electron chi connectivity index (χ0n) is 19.2. The molecule has 3 aromatic carbocycles. The molecule has 0 saturated heterocycles. The van der Waals surface area contributed by atoms with Crippen molar-refractivity contribution in [1.29, 1.82) is 0 Å². The number of hydrogen-bond acceptors (Lipinski definition) is 8. The molecule has 1 aromatic heterocycles. The standard InChI is InChI=1S/C26H18ClN5O5/c27-17-6-12-22-20(14-17)25(16-4-2-1-3-5-16)28-15-23-30-29-21(26(34)31(22)23)11-13-24(33)37-19-9-7-18(8-10-19)32(35)36/h1-10,12,14H,11,13,15H2. The number of rotatable bonds is 6. The second-order valence-electron chi connectivity index (χ2n) is 8.12. The SMILES string of the molecule is O=C(CCc1nnc2n(c1=O)-c1ccc(Cl)cc1C(c1ccccc1)=NC2)Oc1ccc([N+](=O)[O-])cc1. The maximum absolute atomic E-state index is 13.5. The maximum Gasteiger partial charge on any atom is 0.311 e. The van der Waals surface area contributed by atoms with Gasteiger partial charge in [-0.15, -0.1) is 10.2 Å². The fraction of sp³-hybridized carbons (Fsp3) is 0.115. The minimum absolute atomic E-state index is 0.00670. The molecule has 0 amide bonds. The number of non-ortho nitro benzene ring substituents is 1. The Morgan fingerprint density at radius 3 is 2.54 bits per heavy atom. The highest BCUT2D eigenvalue weighted by Crippen LogP contribution is 2.26. The van der Waals surface area contributed by atoms with Crippen molar-refractivity contribution in [2.45, 2.75) is 19.4 Å². The van der Waals surface area contributed by atoms with E-state index in [0.29, 0.717) is 27.8 Å². The fourth-order valence-electron chi connectivity index (χ4n) is 3.97. The summed E-state index contributed by atoms with van der Waals surface area (Å²) in [4.78, 5) is 40.8. The lowest BCUT2D eigenvalue weighted by atomic mass is 10.0. The van der Waals surface area contributed by atoms with Crippen molar-refractivity contribution in [2.24, 2.45) is 4.99 Å². The first kappa shape index (κ1) is 24.0. The monoisotopic (exact) mass is 515 g/mol. The van der Waals surface area contributed by atoms with Gasteiger partial charge in [0.1, 0.15) is 18.0 Å². The summed E-state index contributed by atoms with van der Waals surface area (Å²) in [6, 6.07) is 19.9. The third-order valence-corrected chi connectivity index (χ3v) is 5.95. The van der Waals surface area contributed by atoms with Gasteiger partial charge in [0.25, 0.3) is 11.2 Å². The van der Waals surface area contributed by atoms with E-state index in [1.165, 1.54) is 28.8 Å². The Hall–Kier alpha value is -4.70. The molecule has 1 aliphatic rings. The molecule has 0 fully saturated rings. The molecule has 0 unspecified atom stereocenters. The summed E-state index contributed by atoms with van der Waals surface area (Å²) in [7, 11) is 0. The van der Waals surface area contributed by atoms with E-state index in [1.54, 1.807) is 18.2 Å². The molecule has 37 heavy (non-hydrogen) atoms. The lowest BCUT2D eigenvalue weighted by Crippen LogP contribution is -2.29. The third-order valence-electron chi connectivity index (χ3n) is 5.72. The summed E-state index contributed by atoms with van der Waals surface area (Å²) in [5.74, 6) is -0.0923. The molecule has 2 heterocycles. The molecule has 10 nitrogen and oxygen atoms in total. The van der Waals surface area contributed by atoms with Gasteiger partial charge in [-0.2, -0.15) is 0 Å². The lowest BCUT2D eigenvalue weighted by molar-refractivity contribution is -0.384. The molecule has 0 bridgehead atoms. The highest BCUT2D eigenvalue weighted by Gasteiger charge is 2.23. The number of nitro groups is 1. The summed E-state index contributed by atoms with van der Waals surface area (Å²) in [6.07, 6.45) is -0.146. The summed E-state index contributed by atoms with van der Waals surface area (Å²) in [5.41, 5.74) is 2.35. The minimum Gasteiger partial charge on any atom is -0.427 e. The first-order valence-corrected chi connectivity index (χ1v) is 11.6. The summed E-state index contributed by atoms with van der Waals surface area (Å²) in [5, 5.41) is 19.6. The number of nitrogens with zero attached hydrogens (tertiary/aromatic N) is 5. The van der Waals surface area contributed by atoms with Gasteiger partial charge in [-0.3, -0.25) is 29.3 Å². The van der Waals surface area contributed by atoms with Crippen LogP contribution in [0.3, 0.4) is 0 Å². The van der Waals surface area contributed by atoms with E-state index >= 15 is 0 Å². The molecular formula is C26H18ClN5O5. The van der Waals surface area contributed by atoms with Crippen molar-refractivity contribution in [1.82, 2.24) is 14.8 Å². The summed E-state index contributed by atoms with van der Waals surface area (Å²) >= 11 is 6.30. The highest BCUT2D eigenvalue weighted by molar-refractivity contribution is 6.31. The van der Waals surface area contributed by atoms with Gasteiger partial charge < -0.3 is 4.74 Å². The van der Waals surface area contributed by atoms with Crippen LogP contribution in [0.25, 0.3) is 5.69 Å². The van der Waals surface area contributed by atoms with E-state index in [9.17, 15) is 19.7 Å². The quantitative estimate of drug-likeness (QED) is 0.164. The first-order valence-electron chi connectivity index (χ1n) is 11.2. The Labute approximate surface area is 215 Å². The van der Waals surface area contributed by atoms with Crippen molar-refractivity contribution >= 4 is 29.0 Å². The largest absolute Gasteiger partial charge is 0.427 e. The molecular weight excluding hydrogens is 498 g/mol. The van der Waals surface area contributed by atoms with Crippen molar-refractivity contribution < 1.29 is 14.5 Å². The van der Waals surface area contributed by atoms with E-state index in [1.807, 2.05) is 30.3 Å². The Kier molecular flexibility index (Phi) is 6.57. The van der Waals surface area contributed by atoms with E-state index in [0.717, 1.165) is 5.56 Å². The van der Waals surface area contributed by atoms with Crippen LogP contribution < -0.4 is 10.3 Å². The number of hydrogen-bond donors (Lipinski definition) is 0. The Morgan fingerprint density at radius 2 is 1.81 bits per heavy atom. The molecule has 1 aliphatic heterocycles. The molecule has 0 saturated carbocycles. The molecule has 0 atom stereocenters. The van der Waals surface area contributed by atoms with Crippen molar-refractivity contribution in [3.63, 3.8) is 0 Å². The zero-order valence-corrected chi connectivity index (χ0v) is 20.0.